The summed E-state index contributed by atoms with van der Waals surface area (Å²) in [5.74, 6) is 0.899. The fraction of sp³-hybridized carbons (Fsp3) is 0.562. The lowest BCUT2D eigenvalue weighted by Gasteiger charge is -2.34. The topological polar surface area (TPSA) is 27.0 Å². The number of benzene rings is 1. The molecular weight excluding hydrogens is 220 g/mol. The Morgan fingerprint density at radius 2 is 2.00 bits per heavy atom. The van der Waals surface area contributed by atoms with Crippen LogP contribution in [-0.2, 0) is 0 Å². The number of hydrogen-bond acceptors (Lipinski definition) is 2. The highest BCUT2D eigenvalue weighted by Crippen LogP contribution is 2.28. The Morgan fingerprint density at radius 3 is 2.67 bits per heavy atom. The first kappa shape index (κ1) is 13.0. The molecule has 96 valence electrons. The average Bonchev–Trinajstić information content (AvgIpc) is 2.45. The minimum Gasteiger partial charge on any atom is -0.370 e. The molecule has 18 heavy (non-hydrogen) atoms. The van der Waals surface area contributed by atoms with Crippen molar-refractivity contribution in [2.24, 2.45) is 5.92 Å². The number of nitriles is 1. The number of piperidine rings is 1. The van der Waals surface area contributed by atoms with Crippen LogP contribution in [-0.4, -0.2) is 13.1 Å². The summed E-state index contributed by atoms with van der Waals surface area (Å²) in [4.78, 5) is 2.38. The Morgan fingerprint density at radius 1 is 1.28 bits per heavy atom. The van der Waals surface area contributed by atoms with Crippen molar-refractivity contribution in [3.05, 3.63) is 29.8 Å². The summed E-state index contributed by atoms with van der Waals surface area (Å²) in [5, 5.41) is 9.14. The summed E-state index contributed by atoms with van der Waals surface area (Å²) in [6, 6.07) is 10.3. The smallest absolute Gasteiger partial charge is 0.101 e. The molecule has 1 aliphatic heterocycles. The molecule has 1 aromatic rings. The number of para-hydroxylation sites is 1. The van der Waals surface area contributed by atoms with Crippen LogP contribution in [0.5, 0.6) is 0 Å². The molecule has 1 heterocycles. The van der Waals surface area contributed by atoms with Gasteiger partial charge in [-0.15, -0.1) is 0 Å². The molecule has 0 aromatic heterocycles. The number of anilines is 1. The number of rotatable bonds is 4. The molecule has 0 spiro atoms. The van der Waals surface area contributed by atoms with Crippen LogP contribution in [0.1, 0.15) is 44.6 Å². The van der Waals surface area contributed by atoms with Gasteiger partial charge in [0.05, 0.1) is 11.3 Å². The molecule has 0 atom stereocenters. The predicted molar refractivity (Wildman–Crippen MR) is 75.6 cm³/mol. The van der Waals surface area contributed by atoms with E-state index in [0.717, 1.165) is 30.3 Å². The number of nitrogens with zero attached hydrogens (tertiary/aromatic N) is 2. The normalized spacial score (nSPS) is 16.6. The molecule has 0 saturated carbocycles. The fourth-order valence-electron chi connectivity index (χ4n) is 2.80. The van der Waals surface area contributed by atoms with E-state index >= 15 is 0 Å². The zero-order valence-electron chi connectivity index (χ0n) is 11.2. The average molecular weight is 242 g/mol. The summed E-state index contributed by atoms with van der Waals surface area (Å²) >= 11 is 0. The molecule has 0 amide bonds. The van der Waals surface area contributed by atoms with Gasteiger partial charge in [0, 0.05) is 13.1 Å². The van der Waals surface area contributed by atoms with Gasteiger partial charge in [-0.05, 0) is 30.9 Å². The second-order valence-corrected chi connectivity index (χ2v) is 5.20. The maximum Gasteiger partial charge on any atom is 0.101 e. The predicted octanol–water partition coefficient (Wildman–Crippen LogP) is 3.96. The largest absolute Gasteiger partial charge is 0.370 e. The van der Waals surface area contributed by atoms with Crippen LogP contribution in [0.25, 0.3) is 0 Å². The van der Waals surface area contributed by atoms with Gasteiger partial charge in [-0.1, -0.05) is 38.3 Å². The first-order valence-corrected chi connectivity index (χ1v) is 7.09. The molecule has 1 aromatic carbocycles. The van der Waals surface area contributed by atoms with E-state index in [1.54, 1.807) is 0 Å². The maximum atomic E-state index is 9.14. The van der Waals surface area contributed by atoms with Gasteiger partial charge in [0.25, 0.3) is 0 Å². The highest BCUT2D eigenvalue weighted by Gasteiger charge is 2.20. The van der Waals surface area contributed by atoms with Gasteiger partial charge in [0.2, 0.25) is 0 Å². The highest BCUT2D eigenvalue weighted by atomic mass is 15.1. The van der Waals surface area contributed by atoms with E-state index in [1.807, 2.05) is 18.2 Å². The monoisotopic (exact) mass is 242 g/mol. The molecular formula is C16H22N2. The molecule has 0 aliphatic carbocycles. The third-order valence-electron chi connectivity index (χ3n) is 3.95. The van der Waals surface area contributed by atoms with Gasteiger partial charge >= 0.3 is 0 Å². The zero-order valence-corrected chi connectivity index (χ0v) is 11.2. The van der Waals surface area contributed by atoms with E-state index in [4.69, 9.17) is 5.26 Å². The molecule has 2 nitrogen and oxygen atoms in total. The molecule has 0 N–H and O–H groups in total. The lowest BCUT2D eigenvalue weighted by molar-refractivity contribution is 0.371. The van der Waals surface area contributed by atoms with Gasteiger partial charge in [0.15, 0.2) is 0 Å². The van der Waals surface area contributed by atoms with E-state index < -0.39 is 0 Å². The Hall–Kier alpha value is -1.49. The van der Waals surface area contributed by atoms with Crippen LogP contribution in [0.15, 0.2) is 24.3 Å². The van der Waals surface area contributed by atoms with Gasteiger partial charge in [-0.3, -0.25) is 0 Å². The molecule has 0 radical (unpaired) electrons. The standard InChI is InChI=1S/C16H22N2/c1-2-3-6-14-9-11-18(12-10-14)16-8-5-4-7-15(16)13-17/h4-5,7-8,14H,2-3,6,9-12H2,1H3. The first-order chi connectivity index (χ1) is 8.85. The Bertz CT molecular complexity index is 411. The van der Waals surface area contributed by atoms with E-state index in [1.165, 1.54) is 32.1 Å². The Kier molecular flexibility index (Phi) is 4.64. The SMILES string of the molecule is CCCCC1CCN(c2ccccc2C#N)CC1. The van der Waals surface area contributed by atoms with E-state index in [-0.39, 0.29) is 0 Å². The molecule has 1 aliphatic rings. The van der Waals surface area contributed by atoms with Crippen molar-refractivity contribution in [3.8, 4) is 6.07 Å². The minimum absolute atomic E-state index is 0.810. The van der Waals surface area contributed by atoms with E-state index in [9.17, 15) is 0 Å². The van der Waals surface area contributed by atoms with Gasteiger partial charge in [0.1, 0.15) is 6.07 Å². The van der Waals surface area contributed by atoms with Crippen molar-refractivity contribution < 1.29 is 0 Å². The first-order valence-electron chi connectivity index (χ1n) is 7.09. The maximum absolute atomic E-state index is 9.14. The third-order valence-corrected chi connectivity index (χ3v) is 3.95. The fourth-order valence-corrected chi connectivity index (χ4v) is 2.80. The summed E-state index contributed by atoms with van der Waals surface area (Å²) in [7, 11) is 0. The summed E-state index contributed by atoms with van der Waals surface area (Å²) in [5.41, 5.74) is 1.93. The molecule has 2 rings (SSSR count). The molecule has 0 bridgehead atoms. The van der Waals surface area contributed by atoms with Crippen molar-refractivity contribution in [2.45, 2.75) is 39.0 Å². The number of hydrogen-bond donors (Lipinski definition) is 0. The van der Waals surface area contributed by atoms with Crippen molar-refractivity contribution in [3.63, 3.8) is 0 Å². The second kappa shape index (κ2) is 6.44. The molecule has 0 unspecified atom stereocenters. The molecule has 2 heteroatoms. The van der Waals surface area contributed by atoms with Crippen LogP contribution in [0.3, 0.4) is 0 Å². The molecule has 1 fully saturated rings. The van der Waals surface area contributed by atoms with Crippen molar-refractivity contribution in [1.82, 2.24) is 0 Å². The van der Waals surface area contributed by atoms with Crippen LogP contribution in [0.2, 0.25) is 0 Å². The summed E-state index contributed by atoms with van der Waals surface area (Å²) in [6.45, 7) is 4.47. The molecule has 1 saturated heterocycles. The summed E-state index contributed by atoms with van der Waals surface area (Å²) < 4.78 is 0. The van der Waals surface area contributed by atoms with Crippen LogP contribution in [0, 0.1) is 17.2 Å². The van der Waals surface area contributed by atoms with Crippen molar-refractivity contribution >= 4 is 5.69 Å². The lowest BCUT2D eigenvalue weighted by Crippen LogP contribution is -2.34. The van der Waals surface area contributed by atoms with Crippen molar-refractivity contribution in [1.29, 1.82) is 5.26 Å². The second-order valence-electron chi connectivity index (χ2n) is 5.20. The van der Waals surface area contributed by atoms with Crippen molar-refractivity contribution in [2.75, 3.05) is 18.0 Å². The van der Waals surface area contributed by atoms with Crippen LogP contribution >= 0.6 is 0 Å². The summed E-state index contributed by atoms with van der Waals surface area (Å²) in [6.07, 6.45) is 6.60. The Labute approximate surface area is 110 Å². The van der Waals surface area contributed by atoms with E-state index in [0.29, 0.717) is 0 Å². The number of unbranched alkanes of at least 4 members (excludes halogenated alkanes) is 1. The van der Waals surface area contributed by atoms with E-state index in [2.05, 4.69) is 24.0 Å². The van der Waals surface area contributed by atoms with Crippen LogP contribution in [0.4, 0.5) is 5.69 Å². The zero-order chi connectivity index (χ0) is 12.8. The minimum atomic E-state index is 0.810. The quantitative estimate of drug-likeness (QED) is 0.799. The highest BCUT2D eigenvalue weighted by molar-refractivity contribution is 5.59. The van der Waals surface area contributed by atoms with Gasteiger partial charge < -0.3 is 4.90 Å². The third kappa shape index (κ3) is 3.04. The van der Waals surface area contributed by atoms with Gasteiger partial charge in [-0.2, -0.15) is 5.26 Å². The Balaban J connectivity index is 1.95. The lowest BCUT2D eigenvalue weighted by atomic mass is 9.91. The van der Waals surface area contributed by atoms with Gasteiger partial charge in [-0.25, -0.2) is 0 Å². The van der Waals surface area contributed by atoms with Crippen LogP contribution < -0.4 is 4.90 Å².